The van der Waals surface area contributed by atoms with E-state index in [9.17, 15) is 4.79 Å². The van der Waals surface area contributed by atoms with Crippen molar-refractivity contribution in [3.8, 4) is 0 Å². The fraction of sp³-hybridized carbons (Fsp3) is 0.385. The molecule has 0 saturated carbocycles. The number of nitrogens with zero attached hydrogens (tertiary/aromatic N) is 1. The molecule has 0 saturated heterocycles. The molecule has 0 atom stereocenters. The van der Waals surface area contributed by atoms with Gasteiger partial charge in [-0.1, -0.05) is 5.57 Å². The Balaban J connectivity index is 2.14. The van der Waals surface area contributed by atoms with Crippen LogP contribution in [0, 0.1) is 0 Å². The fourth-order valence-corrected chi connectivity index (χ4v) is 1.99. The van der Waals surface area contributed by atoms with E-state index in [1.54, 1.807) is 24.5 Å². The number of pyridine rings is 1. The van der Waals surface area contributed by atoms with Gasteiger partial charge in [-0.2, -0.15) is 0 Å². The van der Waals surface area contributed by atoms with Gasteiger partial charge < -0.3 is 5.73 Å². The van der Waals surface area contributed by atoms with Crippen LogP contribution in [0.2, 0.25) is 0 Å². The minimum atomic E-state index is 0.245. The molecule has 0 fully saturated rings. The van der Waals surface area contributed by atoms with E-state index in [0.717, 1.165) is 36.9 Å². The van der Waals surface area contributed by atoms with E-state index in [4.69, 9.17) is 5.73 Å². The molecule has 16 heavy (non-hydrogen) atoms. The number of aromatic nitrogens is 1. The Morgan fingerprint density at radius 3 is 2.94 bits per heavy atom. The third kappa shape index (κ3) is 2.69. The molecular formula is C13H16N2O. The number of allylic oxidation sites excluding steroid dienone is 2. The first-order chi connectivity index (χ1) is 7.75. The number of anilines is 1. The van der Waals surface area contributed by atoms with Gasteiger partial charge in [0.1, 0.15) is 0 Å². The van der Waals surface area contributed by atoms with Crippen LogP contribution in [0.3, 0.4) is 0 Å². The van der Waals surface area contributed by atoms with Crippen molar-refractivity contribution in [3.05, 3.63) is 35.7 Å². The van der Waals surface area contributed by atoms with E-state index in [1.807, 2.05) is 0 Å². The highest BCUT2D eigenvalue weighted by atomic mass is 16.1. The summed E-state index contributed by atoms with van der Waals surface area (Å²) >= 11 is 0. The molecule has 3 heteroatoms. The number of carbonyl (C=O) groups is 1. The molecule has 1 aliphatic carbocycles. The van der Waals surface area contributed by atoms with E-state index >= 15 is 0 Å². The molecule has 1 heterocycles. The van der Waals surface area contributed by atoms with Gasteiger partial charge >= 0.3 is 0 Å². The molecule has 0 radical (unpaired) electrons. The first kappa shape index (κ1) is 10.9. The Morgan fingerprint density at radius 1 is 1.31 bits per heavy atom. The third-order valence-electron chi connectivity index (χ3n) is 2.90. The Hall–Kier alpha value is -1.64. The number of rotatable bonds is 2. The summed E-state index contributed by atoms with van der Waals surface area (Å²) < 4.78 is 0. The van der Waals surface area contributed by atoms with Gasteiger partial charge in [-0.3, -0.25) is 9.78 Å². The smallest absolute Gasteiger partial charge is 0.155 e. The largest absolute Gasteiger partial charge is 0.398 e. The summed E-state index contributed by atoms with van der Waals surface area (Å²) in [6.07, 6.45) is 9.80. The van der Waals surface area contributed by atoms with E-state index in [1.165, 1.54) is 5.57 Å². The number of hydrogen-bond acceptors (Lipinski definition) is 3. The number of nitrogens with two attached hydrogens (primary N) is 1. The molecule has 0 spiro atoms. The summed E-state index contributed by atoms with van der Waals surface area (Å²) in [6, 6.07) is 1.80. The van der Waals surface area contributed by atoms with Crippen LogP contribution in [0.25, 0.3) is 0 Å². The predicted molar refractivity (Wildman–Crippen MR) is 63.9 cm³/mol. The standard InChI is InChI=1S/C13H16N2O/c14-13-5-6-15-9-11(13)7-10-3-1-2-4-12(16)8-10/h5-6,8-9H,1-4,7H2,(H2,14,15). The van der Waals surface area contributed by atoms with Crippen molar-refractivity contribution in [2.75, 3.05) is 5.73 Å². The lowest BCUT2D eigenvalue weighted by atomic mass is 10.0. The van der Waals surface area contributed by atoms with Crippen LogP contribution in [-0.4, -0.2) is 10.8 Å². The lowest BCUT2D eigenvalue weighted by Crippen LogP contribution is -1.98. The maximum atomic E-state index is 11.4. The molecule has 2 rings (SSSR count). The molecule has 0 aliphatic heterocycles. The van der Waals surface area contributed by atoms with Crippen LogP contribution < -0.4 is 5.73 Å². The van der Waals surface area contributed by atoms with Gasteiger partial charge in [-0.15, -0.1) is 0 Å². The summed E-state index contributed by atoms with van der Waals surface area (Å²) in [5.41, 5.74) is 8.82. The molecule has 0 bridgehead atoms. The molecular weight excluding hydrogens is 200 g/mol. The quantitative estimate of drug-likeness (QED) is 0.825. The molecule has 84 valence electrons. The Bertz CT molecular complexity index is 424. The van der Waals surface area contributed by atoms with E-state index in [2.05, 4.69) is 4.98 Å². The lowest BCUT2D eigenvalue weighted by Gasteiger charge is -2.07. The minimum absolute atomic E-state index is 0.245. The van der Waals surface area contributed by atoms with Crippen LogP contribution in [0.4, 0.5) is 5.69 Å². The predicted octanol–water partition coefficient (Wildman–Crippen LogP) is 2.28. The summed E-state index contributed by atoms with van der Waals surface area (Å²) in [6.45, 7) is 0. The molecule has 0 aromatic carbocycles. The highest BCUT2D eigenvalue weighted by molar-refractivity contribution is 5.90. The minimum Gasteiger partial charge on any atom is -0.398 e. The average Bonchev–Trinajstić information content (AvgIpc) is 2.46. The number of hydrogen-bond donors (Lipinski definition) is 1. The van der Waals surface area contributed by atoms with Crippen LogP contribution in [-0.2, 0) is 11.2 Å². The zero-order chi connectivity index (χ0) is 11.4. The molecule has 1 aromatic rings. The summed E-state index contributed by atoms with van der Waals surface area (Å²) in [4.78, 5) is 15.5. The second-order valence-electron chi connectivity index (χ2n) is 4.23. The van der Waals surface area contributed by atoms with Gasteiger partial charge in [0, 0.05) is 24.5 Å². The monoisotopic (exact) mass is 216 g/mol. The van der Waals surface area contributed by atoms with E-state index in [-0.39, 0.29) is 5.78 Å². The second-order valence-corrected chi connectivity index (χ2v) is 4.23. The van der Waals surface area contributed by atoms with Gasteiger partial charge in [0.15, 0.2) is 5.78 Å². The Labute approximate surface area is 95.4 Å². The number of carbonyl (C=O) groups excluding carboxylic acids is 1. The average molecular weight is 216 g/mol. The van der Waals surface area contributed by atoms with Crippen LogP contribution in [0.15, 0.2) is 30.1 Å². The molecule has 3 nitrogen and oxygen atoms in total. The van der Waals surface area contributed by atoms with Gasteiger partial charge in [0.25, 0.3) is 0 Å². The van der Waals surface area contributed by atoms with Crippen molar-refractivity contribution in [3.63, 3.8) is 0 Å². The number of ketones is 1. The zero-order valence-corrected chi connectivity index (χ0v) is 9.28. The second kappa shape index (κ2) is 4.92. The number of nitrogen functional groups attached to an aromatic ring is 1. The maximum Gasteiger partial charge on any atom is 0.155 e. The van der Waals surface area contributed by atoms with Crippen molar-refractivity contribution in [1.82, 2.24) is 4.98 Å². The first-order valence-corrected chi connectivity index (χ1v) is 5.66. The van der Waals surface area contributed by atoms with Crippen LogP contribution in [0.1, 0.15) is 31.2 Å². The summed E-state index contributed by atoms with van der Waals surface area (Å²) in [5.74, 6) is 0.245. The van der Waals surface area contributed by atoms with Gasteiger partial charge in [-0.05, 0) is 43.4 Å². The molecule has 1 aliphatic rings. The van der Waals surface area contributed by atoms with Crippen molar-refractivity contribution in [2.24, 2.45) is 0 Å². The topological polar surface area (TPSA) is 56.0 Å². The SMILES string of the molecule is Nc1ccncc1CC1=CC(=O)CCCC1. The molecule has 1 aromatic heterocycles. The molecule has 0 amide bonds. The van der Waals surface area contributed by atoms with E-state index in [0.29, 0.717) is 6.42 Å². The third-order valence-corrected chi connectivity index (χ3v) is 2.90. The van der Waals surface area contributed by atoms with Crippen LogP contribution in [0.5, 0.6) is 0 Å². The Morgan fingerprint density at radius 2 is 2.12 bits per heavy atom. The Kier molecular flexibility index (Phi) is 3.34. The van der Waals surface area contributed by atoms with Gasteiger partial charge in [0.2, 0.25) is 0 Å². The van der Waals surface area contributed by atoms with Gasteiger partial charge in [-0.25, -0.2) is 0 Å². The van der Waals surface area contributed by atoms with Crippen molar-refractivity contribution in [2.45, 2.75) is 32.1 Å². The maximum absolute atomic E-state index is 11.4. The fourth-order valence-electron chi connectivity index (χ4n) is 1.99. The molecule has 0 unspecified atom stereocenters. The summed E-state index contributed by atoms with van der Waals surface area (Å²) in [7, 11) is 0. The van der Waals surface area contributed by atoms with Crippen LogP contribution >= 0.6 is 0 Å². The van der Waals surface area contributed by atoms with Crippen molar-refractivity contribution < 1.29 is 4.79 Å². The van der Waals surface area contributed by atoms with E-state index < -0.39 is 0 Å². The van der Waals surface area contributed by atoms with Crippen molar-refractivity contribution >= 4 is 11.5 Å². The van der Waals surface area contributed by atoms with Gasteiger partial charge in [0.05, 0.1) is 0 Å². The zero-order valence-electron chi connectivity index (χ0n) is 9.28. The first-order valence-electron chi connectivity index (χ1n) is 5.66. The highest BCUT2D eigenvalue weighted by Crippen LogP contribution is 2.21. The molecule has 2 N–H and O–H groups in total. The lowest BCUT2D eigenvalue weighted by molar-refractivity contribution is -0.114. The summed E-state index contributed by atoms with van der Waals surface area (Å²) in [5, 5.41) is 0. The van der Waals surface area contributed by atoms with Crippen molar-refractivity contribution in [1.29, 1.82) is 0 Å². The normalized spacial score (nSPS) is 16.8. The highest BCUT2D eigenvalue weighted by Gasteiger charge is 2.10.